The first-order valence-electron chi connectivity index (χ1n) is 7.46. The van der Waals surface area contributed by atoms with Crippen molar-refractivity contribution in [2.45, 2.75) is 32.1 Å². The second kappa shape index (κ2) is 7.41. The maximum absolute atomic E-state index is 12.5. The monoisotopic (exact) mass is 358 g/mol. The predicted molar refractivity (Wildman–Crippen MR) is 82.8 cm³/mol. The van der Waals surface area contributed by atoms with E-state index in [0.717, 1.165) is 16.7 Å². The lowest BCUT2D eigenvalue weighted by molar-refractivity contribution is -0.137. The second-order valence-corrected chi connectivity index (χ2v) is 5.56. The SMILES string of the molecule is CN(Cc1ccc(C(F)(F)F)cc1)C(=O)CCCn1c(=O)[nH][nH]c1=O. The predicted octanol–water partition coefficient (Wildman–Crippen LogP) is 1.32. The summed E-state index contributed by atoms with van der Waals surface area (Å²) >= 11 is 0. The summed E-state index contributed by atoms with van der Waals surface area (Å²) in [5.74, 6) is -0.236. The molecule has 0 atom stereocenters. The third kappa shape index (κ3) is 4.85. The van der Waals surface area contributed by atoms with Crippen LogP contribution in [0.3, 0.4) is 0 Å². The lowest BCUT2D eigenvalue weighted by atomic mass is 10.1. The fourth-order valence-electron chi connectivity index (χ4n) is 2.28. The van der Waals surface area contributed by atoms with Crippen molar-refractivity contribution in [3.05, 3.63) is 56.4 Å². The second-order valence-electron chi connectivity index (χ2n) is 5.56. The van der Waals surface area contributed by atoms with E-state index in [2.05, 4.69) is 10.2 Å². The lowest BCUT2D eigenvalue weighted by Crippen LogP contribution is -2.29. The number of hydrogen-bond donors (Lipinski definition) is 2. The Balaban J connectivity index is 1.86. The van der Waals surface area contributed by atoms with Crippen molar-refractivity contribution in [3.63, 3.8) is 0 Å². The van der Waals surface area contributed by atoms with Gasteiger partial charge >= 0.3 is 17.6 Å². The highest BCUT2D eigenvalue weighted by Gasteiger charge is 2.29. The van der Waals surface area contributed by atoms with Gasteiger partial charge in [-0.2, -0.15) is 13.2 Å². The molecule has 2 aromatic rings. The quantitative estimate of drug-likeness (QED) is 0.816. The number of alkyl halides is 3. The van der Waals surface area contributed by atoms with Crippen molar-refractivity contribution in [1.82, 2.24) is 19.7 Å². The number of hydrogen-bond acceptors (Lipinski definition) is 3. The van der Waals surface area contributed by atoms with Crippen LogP contribution in [0.5, 0.6) is 0 Å². The fourth-order valence-corrected chi connectivity index (χ4v) is 2.28. The smallest absolute Gasteiger partial charge is 0.341 e. The Morgan fingerprint density at radius 3 is 2.20 bits per heavy atom. The van der Waals surface area contributed by atoms with Gasteiger partial charge in [-0.1, -0.05) is 12.1 Å². The number of nitrogens with one attached hydrogen (secondary N) is 2. The van der Waals surface area contributed by atoms with Crippen molar-refractivity contribution >= 4 is 5.91 Å². The van der Waals surface area contributed by atoms with Crippen molar-refractivity contribution in [2.75, 3.05) is 7.05 Å². The molecule has 0 aliphatic carbocycles. The molecule has 2 N–H and O–H groups in total. The van der Waals surface area contributed by atoms with Crippen LogP contribution in [0.25, 0.3) is 0 Å². The number of aromatic amines is 2. The zero-order chi connectivity index (χ0) is 18.6. The first-order valence-corrected chi connectivity index (χ1v) is 7.46. The highest BCUT2D eigenvalue weighted by molar-refractivity contribution is 5.75. The number of benzene rings is 1. The maximum atomic E-state index is 12.5. The van der Waals surface area contributed by atoms with Crippen LogP contribution in [0.15, 0.2) is 33.9 Å². The summed E-state index contributed by atoms with van der Waals surface area (Å²) in [5, 5.41) is 4.28. The van der Waals surface area contributed by atoms with Crippen LogP contribution < -0.4 is 11.4 Å². The van der Waals surface area contributed by atoms with Gasteiger partial charge in [-0.05, 0) is 24.1 Å². The molecule has 1 aromatic carbocycles. The summed E-state index contributed by atoms with van der Waals surface area (Å²) in [7, 11) is 1.54. The molecule has 0 spiro atoms. The van der Waals surface area contributed by atoms with Crippen molar-refractivity contribution < 1.29 is 18.0 Å². The molecule has 0 saturated heterocycles. The van der Waals surface area contributed by atoms with Crippen LogP contribution >= 0.6 is 0 Å². The largest absolute Gasteiger partial charge is 0.416 e. The van der Waals surface area contributed by atoms with E-state index < -0.39 is 23.1 Å². The summed E-state index contributed by atoms with van der Waals surface area (Å²) in [6, 6.07) is 4.59. The zero-order valence-electron chi connectivity index (χ0n) is 13.4. The molecular formula is C15H17F3N4O3. The average Bonchev–Trinajstić information content (AvgIpc) is 2.86. The van der Waals surface area contributed by atoms with Crippen LogP contribution in [0.4, 0.5) is 13.2 Å². The van der Waals surface area contributed by atoms with Gasteiger partial charge < -0.3 is 4.90 Å². The molecule has 10 heteroatoms. The highest BCUT2D eigenvalue weighted by Crippen LogP contribution is 2.29. The molecule has 0 saturated carbocycles. The Morgan fingerprint density at radius 1 is 1.12 bits per heavy atom. The number of halogens is 3. The minimum absolute atomic E-state index is 0.0948. The van der Waals surface area contributed by atoms with Gasteiger partial charge in [0.2, 0.25) is 5.91 Å². The number of carbonyl (C=O) groups is 1. The number of aromatic nitrogens is 3. The van der Waals surface area contributed by atoms with Gasteiger partial charge in [-0.3, -0.25) is 4.79 Å². The molecule has 136 valence electrons. The number of carbonyl (C=O) groups excluding carboxylic acids is 1. The van der Waals surface area contributed by atoms with Crippen LogP contribution in [-0.4, -0.2) is 32.6 Å². The van der Waals surface area contributed by atoms with Gasteiger partial charge in [-0.15, -0.1) is 0 Å². The molecule has 1 aromatic heterocycles. The minimum Gasteiger partial charge on any atom is -0.341 e. The normalized spacial score (nSPS) is 11.5. The summed E-state index contributed by atoms with van der Waals surface area (Å²) in [6.07, 6.45) is -4.00. The van der Waals surface area contributed by atoms with Crippen molar-refractivity contribution in [1.29, 1.82) is 0 Å². The van der Waals surface area contributed by atoms with Gasteiger partial charge in [0, 0.05) is 26.6 Å². The molecule has 0 unspecified atom stereocenters. The van der Waals surface area contributed by atoms with Crippen LogP contribution in [0, 0.1) is 0 Å². The Kier molecular flexibility index (Phi) is 5.50. The fraction of sp³-hybridized carbons (Fsp3) is 0.400. The molecule has 25 heavy (non-hydrogen) atoms. The number of nitrogens with zero attached hydrogens (tertiary/aromatic N) is 2. The van der Waals surface area contributed by atoms with E-state index in [9.17, 15) is 27.6 Å². The Morgan fingerprint density at radius 2 is 1.68 bits per heavy atom. The van der Waals surface area contributed by atoms with E-state index in [1.165, 1.54) is 24.1 Å². The highest BCUT2D eigenvalue weighted by atomic mass is 19.4. The molecule has 1 amide bonds. The Hall–Kier alpha value is -2.78. The molecule has 2 rings (SSSR count). The molecule has 0 fully saturated rings. The molecule has 1 heterocycles. The molecule has 0 bridgehead atoms. The van der Waals surface area contributed by atoms with Crippen LogP contribution in [0.2, 0.25) is 0 Å². The average molecular weight is 358 g/mol. The molecule has 0 aliphatic rings. The number of rotatable bonds is 6. The van der Waals surface area contributed by atoms with Gasteiger partial charge in [-0.25, -0.2) is 24.4 Å². The molecule has 0 aliphatic heterocycles. The van der Waals surface area contributed by atoms with Crippen molar-refractivity contribution in [3.8, 4) is 0 Å². The van der Waals surface area contributed by atoms with Crippen LogP contribution in [-0.2, 0) is 24.1 Å². The number of amides is 1. The number of H-pyrrole nitrogens is 2. The van der Waals surface area contributed by atoms with Crippen molar-refractivity contribution in [2.24, 2.45) is 0 Å². The van der Waals surface area contributed by atoms with Gasteiger partial charge in [0.1, 0.15) is 0 Å². The standard InChI is InChI=1S/C15H17F3N4O3/c1-21(9-10-4-6-11(7-5-10)15(16,17)18)12(23)3-2-8-22-13(24)19-20-14(22)25/h4-7H,2-3,8-9H2,1H3,(H,19,24)(H,20,25). The van der Waals surface area contributed by atoms with Gasteiger partial charge in [0.05, 0.1) is 5.56 Å². The van der Waals surface area contributed by atoms with E-state index >= 15 is 0 Å². The van der Waals surface area contributed by atoms with E-state index in [-0.39, 0.29) is 31.8 Å². The summed E-state index contributed by atoms with van der Waals surface area (Å²) in [5.41, 5.74) is -1.32. The zero-order valence-corrected chi connectivity index (χ0v) is 13.4. The van der Waals surface area contributed by atoms with E-state index in [0.29, 0.717) is 5.56 Å². The maximum Gasteiger partial charge on any atom is 0.416 e. The molecular weight excluding hydrogens is 341 g/mol. The topological polar surface area (TPSA) is 91.0 Å². The summed E-state index contributed by atoms with van der Waals surface area (Å²) in [4.78, 5) is 36.0. The summed E-state index contributed by atoms with van der Waals surface area (Å²) in [6.45, 7) is 0.263. The summed E-state index contributed by atoms with van der Waals surface area (Å²) < 4.78 is 38.5. The van der Waals surface area contributed by atoms with Crippen LogP contribution in [0.1, 0.15) is 24.0 Å². The molecule has 7 nitrogen and oxygen atoms in total. The van der Waals surface area contributed by atoms with E-state index in [1.807, 2.05) is 0 Å². The first kappa shape index (κ1) is 18.6. The van der Waals surface area contributed by atoms with Gasteiger partial charge in [0.15, 0.2) is 0 Å². The first-order chi connectivity index (χ1) is 11.7. The Labute approximate surface area is 140 Å². The van der Waals surface area contributed by atoms with E-state index in [1.54, 1.807) is 0 Å². The third-order valence-electron chi connectivity index (χ3n) is 3.67. The lowest BCUT2D eigenvalue weighted by Gasteiger charge is -2.17. The minimum atomic E-state index is -4.39. The Bertz CT molecular complexity index is 806. The molecule has 0 radical (unpaired) electrons. The third-order valence-corrected chi connectivity index (χ3v) is 3.67. The van der Waals surface area contributed by atoms with Gasteiger partial charge in [0.25, 0.3) is 0 Å². The van der Waals surface area contributed by atoms with E-state index in [4.69, 9.17) is 0 Å².